The summed E-state index contributed by atoms with van der Waals surface area (Å²) in [6, 6.07) is 9.69. The lowest BCUT2D eigenvalue weighted by Gasteiger charge is -2.20. The summed E-state index contributed by atoms with van der Waals surface area (Å²) in [7, 11) is 1.54. The number of amides is 2. The Labute approximate surface area is 171 Å². The van der Waals surface area contributed by atoms with Gasteiger partial charge in [-0.15, -0.1) is 0 Å². The van der Waals surface area contributed by atoms with Crippen LogP contribution in [0.2, 0.25) is 0 Å². The first-order chi connectivity index (χ1) is 13.3. The second-order valence-corrected chi connectivity index (χ2v) is 7.24. The minimum Gasteiger partial charge on any atom is -0.496 e. The van der Waals surface area contributed by atoms with E-state index in [1.165, 1.54) is 30.5 Å². The number of methoxy groups -OCH3 is 1. The number of hydrogen-bond donors (Lipinski definition) is 2. The highest BCUT2D eigenvalue weighted by Gasteiger charge is 2.24. The van der Waals surface area contributed by atoms with Crippen molar-refractivity contribution in [3.05, 3.63) is 63.9 Å². The summed E-state index contributed by atoms with van der Waals surface area (Å²) in [4.78, 5) is 24.8. The summed E-state index contributed by atoms with van der Waals surface area (Å²) < 4.78 is 19.1. The molecule has 0 aliphatic carbocycles. The van der Waals surface area contributed by atoms with Crippen molar-refractivity contribution in [2.45, 2.75) is 19.9 Å². The summed E-state index contributed by atoms with van der Waals surface area (Å²) >= 11 is 3.37. The maximum atomic E-state index is 13.0. The predicted octanol–water partition coefficient (Wildman–Crippen LogP) is 3.50. The van der Waals surface area contributed by atoms with Crippen molar-refractivity contribution in [3.8, 4) is 5.75 Å². The third-order valence-corrected chi connectivity index (χ3v) is 4.41. The number of benzene rings is 2. The van der Waals surface area contributed by atoms with Crippen LogP contribution in [0, 0.1) is 11.7 Å². The molecule has 6 nitrogen and oxygen atoms in total. The Kier molecular flexibility index (Phi) is 7.69. The van der Waals surface area contributed by atoms with Gasteiger partial charge in [0.2, 0.25) is 0 Å². The highest BCUT2D eigenvalue weighted by atomic mass is 79.9. The molecular formula is C20H21BrFN3O3. The van der Waals surface area contributed by atoms with Gasteiger partial charge in [-0.2, -0.15) is 5.10 Å². The lowest BCUT2D eigenvalue weighted by molar-refractivity contribution is -0.123. The number of nitrogens with zero attached hydrogens (tertiary/aromatic N) is 1. The van der Waals surface area contributed by atoms with Crippen molar-refractivity contribution in [1.82, 2.24) is 10.7 Å². The molecule has 2 rings (SSSR count). The first-order valence-electron chi connectivity index (χ1n) is 8.54. The van der Waals surface area contributed by atoms with Crippen LogP contribution in [0.1, 0.15) is 29.8 Å². The number of carbonyl (C=O) groups is 2. The van der Waals surface area contributed by atoms with Crippen molar-refractivity contribution in [3.63, 3.8) is 0 Å². The lowest BCUT2D eigenvalue weighted by atomic mass is 10.0. The van der Waals surface area contributed by atoms with Crippen LogP contribution >= 0.6 is 15.9 Å². The number of ether oxygens (including phenoxy) is 1. The van der Waals surface area contributed by atoms with E-state index in [-0.39, 0.29) is 11.5 Å². The molecule has 1 unspecified atom stereocenters. The number of hydrazone groups is 1. The van der Waals surface area contributed by atoms with Crippen molar-refractivity contribution in [2.75, 3.05) is 7.11 Å². The molecule has 0 fully saturated rings. The van der Waals surface area contributed by atoms with Gasteiger partial charge in [0, 0.05) is 15.6 Å². The minimum atomic E-state index is -0.806. The Hall–Kier alpha value is -2.74. The van der Waals surface area contributed by atoms with Crippen molar-refractivity contribution < 1.29 is 18.7 Å². The van der Waals surface area contributed by atoms with Gasteiger partial charge in [0.25, 0.3) is 11.8 Å². The smallest absolute Gasteiger partial charge is 0.262 e. The number of rotatable bonds is 7. The molecule has 28 heavy (non-hydrogen) atoms. The molecule has 0 aliphatic rings. The van der Waals surface area contributed by atoms with E-state index in [2.05, 4.69) is 31.8 Å². The highest BCUT2D eigenvalue weighted by Crippen LogP contribution is 2.21. The van der Waals surface area contributed by atoms with E-state index < -0.39 is 23.7 Å². The Morgan fingerprint density at radius 1 is 1.18 bits per heavy atom. The number of halogens is 2. The monoisotopic (exact) mass is 449 g/mol. The third-order valence-electron chi connectivity index (χ3n) is 3.91. The van der Waals surface area contributed by atoms with Crippen LogP contribution in [-0.2, 0) is 4.79 Å². The molecule has 0 aromatic heterocycles. The van der Waals surface area contributed by atoms with Crippen LogP contribution in [0.25, 0.3) is 0 Å². The van der Waals surface area contributed by atoms with Crippen LogP contribution in [0.15, 0.2) is 52.0 Å². The second-order valence-electron chi connectivity index (χ2n) is 6.32. The average molecular weight is 450 g/mol. The quantitative estimate of drug-likeness (QED) is 0.501. The Morgan fingerprint density at radius 2 is 1.86 bits per heavy atom. The molecule has 2 aromatic carbocycles. The first kappa shape index (κ1) is 21.6. The predicted molar refractivity (Wildman–Crippen MR) is 109 cm³/mol. The van der Waals surface area contributed by atoms with Crippen LogP contribution < -0.4 is 15.5 Å². The molecule has 0 saturated heterocycles. The van der Waals surface area contributed by atoms with Crippen LogP contribution in [0.4, 0.5) is 4.39 Å². The standard InChI is InChI=1S/C20H21BrFN3O3/c1-12(2)18(24-19(26)13-4-7-16(22)8-5-13)20(27)25-23-11-14-10-15(21)6-9-17(14)28-3/h4-12,18H,1-3H3,(H,24,26)(H,25,27)/b23-11+. The van der Waals surface area contributed by atoms with Crippen molar-refractivity contribution in [2.24, 2.45) is 11.0 Å². The fourth-order valence-electron chi connectivity index (χ4n) is 2.40. The lowest BCUT2D eigenvalue weighted by Crippen LogP contribution is -2.48. The zero-order valence-corrected chi connectivity index (χ0v) is 17.3. The molecule has 148 valence electrons. The van der Waals surface area contributed by atoms with Gasteiger partial charge in [0.05, 0.1) is 13.3 Å². The molecule has 0 saturated carbocycles. The fourth-order valence-corrected chi connectivity index (χ4v) is 2.78. The van der Waals surface area contributed by atoms with Crippen molar-refractivity contribution in [1.29, 1.82) is 0 Å². The molecule has 0 radical (unpaired) electrons. The van der Waals surface area contributed by atoms with E-state index in [9.17, 15) is 14.0 Å². The van der Waals surface area contributed by atoms with E-state index in [0.29, 0.717) is 11.3 Å². The molecule has 0 aliphatic heterocycles. The van der Waals surface area contributed by atoms with Gasteiger partial charge in [0.15, 0.2) is 0 Å². The number of nitrogens with one attached hydrogen (secondary N) is 2. The molecule has 2 amide bonds. The van der Waals surface area contributed by atoms with Gasteiger partial charge >= 0.3 is 0 Å². The summed E-state index contributed by atoms with van der Waals surface area (Å²) in [6.45, 7) is 3.60. The van der Waals surface area contributed by atoms with E-state index >= 15 is 0 Å². The Bertz CT molecular complexity index is 869. The Balaban J connectivity index is 2.06. The molecule has 0 heterocycles. The summed E-state index contributed by atoms with van der Waals surface area (Å²) in [6.07, 6.45) is 1.46. The average Bonchev–Trinajstić information content (AvgIpc) is 2.66. The highest BCUT2D eigenvalue weighted by molar-refractivity contribution is 9.10. The van der Waals surface area contributed by atoms with Crippen molar-refractivity contribution >= 4 is 34.0 Å². The largest absolute Gasteiger partial charge is 0.496 e. The van der Waals surface area contributed by atoms with Crippen LogP contribution in [0.3, 0.4) is 0 Å². The van der Waals surface area contributed by atoms with Crippen LogP contribution in [0.5, 0.6) is 5.75 Å². The SMILES string of the molecule is COc1ccc(Br)cc1/C=N/NC(=O)C(NC(=O)c1ccc(F)cc1)C(C)C. The molecule has 1 atom stereocenters. The van der Waals surface area contributed by atoms with Gasteiger partial charge < -0.3 is 10.1 Å². The van der Waals surface area contributed by atoms with E-state index in [1.54, 1.807) is 33.1 Å². The zero-order valence-electron chi connectivity index (χ0n) is 15.7. The molecular weight excluding hydrogens is 429 g/mol. The zero-order chi connectivity index (χ0) is 20.7. The molecule has 0 spiro atoms. The number of hydrogen-bond acceptors (Lipinski definition) is 4. The Morgan fingerprint density at radius 3 is 2.46 bits per heavy atom. The number of carbonyl (C=O) groups excluding carboxylic acids is 2. The van der Waals surface area contributed by atoms with Gasteiger partial charge in [-0.25, -0.2) is 9.82 Å². The van der Waals surface area contributed by atoms with Gasteiger partial charge in [-0.1, -0.05) is 29.8 Å². The summed E-state index contributed by atoms with van der Waals surface area (Å²) in [5, 5.41) is 6.61. The maximum Gasteiger partial charge on any atom is 0.262 e. The summed E-state index contributed by atoms with van der Waals surface area (Å²) in [5.74, 6) is -0.944. The van der Waals surface area contributed by atoms with Gasteiger partial charge in [-0.3, -0.25) is 9.59 Å². The maximum absolute atomic E-state index is 13.0. The molecule has 2 N–H and O–H groups in total. The molecule has 0 bridgehead atoms. The van der Waals surface area contributed by atoms with E-state index in [4.69, 9.17) is 4.74 Å². The second kappa shape index (κ2) is 9.98. The molecule has 2 aromatic rings. The first-order valence-corrected chi connectivity index (χ1v) is 9.34. The summed E-state index contributed by atoms with van der Waals surface area (Å²) in [5.41, 5.74) is 3.37. The van der Waals surface area contributed by atoms with Gasteiger partial charge in [-0.05, 0) is 48.4 Å². The van der Waals surface area contributed by atoms with E-state index in [0.717, 1.165) is 4.47 Å². The van der Waals surface area contributed by atoms with Crippen LogP contribution in [-0.4, -0.2) is 31.2 Å². The third kappa shape index (κ3) is 5.88. The van der Waals surface area contributed by atoms with Gasteiger partial charge in [0.1, 0.15) is 17.6 Å². The molecule has 8 heteroatoms. The topological polar surface area (TPSA) is 79.8 Å². The fraction of sp³-hybridized carbons (Fsp3) is 0.250. The van der Waals surface area contributed by atoms with E-state index in [1.807, 2.05) is 6.07 Å². The normalized spacial score (nSPS) is 12.1. The minimum absolute atomic E-state index is 0.181.